The number of hydrogen-bond donors (Lipinski definition) is 1. The van der Waals surface area contributed by atoms with Crippen LogP contribution in [0.5, 0.6) is 0 Å². The Morgan fingerprint density at radius 2 is 1.88 bits per heavy atom. The minimum Gasteiger partial charge on any atom is -0.390 e. The molecule has 1 aliphatic heterocycles. The van der Waals surface area contributed by atoms with Crippen molar-refractivity contribution in [2.24, 2.45) is 0 Å². The second-order valence-corrected chi connectivity index (χ2v) is 8.54. The van der Waals surface area contributed by atoms with E-state index >= 15 is 0 Å². The van der Waals surface area contributed by atoms with E-state index in [-0.39, 0.29) is 0 Å². The normalized spacial score (nSPS) is 14.1. The first kappa shape index (κ1) is 22.1. The van der Waals surface area contributed by atoms with Gasteiger partial charge in [-0.3, -0.25) is 4.90 Å². The number of aliphatic hydroxyl groups excluding tert-OH is 1. The Labute approximate surface area is 187 Å². The lowest BCUT2D eigenvalue weighted by Crippen LogP contribution is -2.42. The molecule has 3 aromatic rings. The van der Waals surface area contributed by atoms with Gasteiger partial charge in [0.05, 0.1) is 18.2 Å². The highest BCUT2D eigenvalue weighted by Crippen LogP contribution is 2.29. The number of aliphatic hydroxyl groups is 1. The van der Waals surface area contributed by atoms with Crippen LogP contribution in [0.2, 0.25) is 0 Å². The molecule has 0 amide bonds. The zero-order chi connectivity index (χ0) is 22.7. The molecule has 0 spiro atoms. The zero-order valence-electron chi connectivity index (χ0n) is 18.1. The molecular formula is C27H26F2N2O. The van der Waals surface area contributed by atoms with Gasteiger partial charge in [-0.2, -0.15) is 5.26 Å². The third-order valence-electron chi connectivity index (χ3n) is 6.15. The van der Waals surface area contributed by atoms with Crippen molar-refractivity contribution < 1.29 is 13.9 Å². The van der Waals surface area contributed by atoms with Crippen molar-refractivity contribution in [1.29, 1.82) is 5.26 Å². The minimum absolute atomic E-state index is 0.418. The van der Waals surface area contributed by atoms with Crippen LogP contribution in [-0.4, -0.2) is 35.6 Å². The van der Waals surface area contributed by atoms with Crippen molar-refractivity contribution >= 4 is 0 Å². The first-order valence-corrected chi connectivity index (χ1v) is 10.8. The van der Waals surface area contributed by atoms with Crippen LogP contribution in [0.1, 0.15) is 33.4 Å². The van der Waals surface area contributed by atoms with E-state index in [9.17, 15) is 8.78 Å². The van der Waals surface area contributed by atoms with Crippen LogP contribution < -0.4 is 0 Å². The number of nitriles is 1. The van der Waals surface area contributed by atoms with Crippen molar-refractivity contribution in [3.63, 3.8) is 0 Å². The molecule has 0 bridgehead atoms. The molecule has 0 aliphatic carbocycles. The second kappa shape index (κ2) is 9.20. The van der Waals surface area contributed by atoms with E-state index in [2.05, 4.69) is 37.3 Å². The Bertz CT molecular complexity index is 1150. The van der Waals surface area contributed by atoms with E-state index in [4.69, 9.17) is 10.4 Å². The molecule has 3 nitrogen and oxygen atoms in total. The molecule has 0 aromatic heterocycles. The molecule has 0 fully saturated rings. The molecule has 5 heteroatoms. The molecule has 4 rings (SSSR count). The van der Waals surface area contributed by atoms with Gasteiger partial charge < -0.3 is 5.11 Å². The summed E-state index contributed by atoms with van der Waals surface area (Å²) in [7, 11) is 0. The number of halogens is 2. The Hall–Kier alpha value is -3.07. The van der Waals surface area contributed by atoms with Crippen LogP contribution in [0.3, 0.4) is 0 Å². The van der Waals surface area contributed by atoms with E-state index in [1.54, 1.807) is 4.90 Å². The second-order valence-electron chi connectivity index (χ2n) is 8.54. The maximum absolute atomic E-state index is 13.6. The number of hydrogen-bond acceptors (Lipinski definition) is 3. The van der Waals surface area contributed by atoms with E-state index in [1.165, 1.54) is 22.3 Å². The predicted molar refractivity (Wildman–Crippen MR) is 122 cm³/mol. The average molecular weight is 433 g/mol. The summed E-state index contributed by atoms with van der Waals surface area (Å²) in [4.78, 5) is 1.72. The molecule has 1 N–H and O–H groups in total. The van der Waals surface area contributed by atoms with Gasteiger partial charge in [-0.1, -0.05) is 48.5 Å². The van der Waals surface area contributed by atoms with Gasteiger partial charge in [0.25, 0.3) is 5.92 Å². The summed E-state index contributed by atoms with van der Waals surface area (Å²) in [5.74, 6) is -3.07. The van der Waals surface area contributed by atoms with Crippen LogP contribution >= 0.6 is 0 Å². The SMILES string of the molecule is Cc1ccc(Cc2cccc3c2CCN(CC(F)(F)CO)C3)cc1-c1ccc(C#N)cc1. The number of benzene rings is 3. The van der Waals surface area contributed by atoms with Gasteiger partial charge in [-0.25, -0.2) is 8.78 Å². The largest absolute Gasteiger partial charge is 0.390 e. The summed E-state index contributed by atoms with van der Waals surface area (Å²) < 4.78 is 27.3. The monoisotopic (exact) mass is 432 g/mol. The molecule has 0 unspecified atom stereocenters. The van der Waals surface area contributed by atoms with Crippen molar-refractivity contribution in [2.45, 2.75) is 32.2 Å². The minimum atomic E-state index is -3.07. The summed E-state index contributed by atoms with van der Waals surface area (Å²) in [6.45, 7) is 1.58. The Morgan fingerprint density at radius 3 is 2.59 bits per heavy atom. The third kappa shape index (κ3) is 4.88. The number of fused-ring (bicyclic) bond motifs is 1. The maximum atomic E-state index is 13.6. The smallest absolute Gasteiger partial charge is 0.283 e. The van der Waals surface area contributed by atoms with Crippen molar-refractivity contribution in [3.8, 4) is 17.2 Å². The summed E-state index contributed by atoms with van der Waals surface area (Å²) in [6.07, 6.45) is 1.50. The highest BCUT2D eigenvalue weighted by Gasteiger charge is 2.32. The summed E-state index contributed by atoms with van der Waals surface area (Å²) in [5.41, 5.74) is 8.80. The first-order valence-electron chi connectivity index (χ1n) is 10.8. The van der Waals surface area contributed by atoms with Crippen molar-refractivity contribution in [3.05, 3.63) is 94.0 Å². The number of rotatable bonds is 6. The quantitative estimate of drug-likeness (QED) is 0.589. The zero-order valence-corrected chi connectivity index (χ0v) is 18.1. The van der Waals surface area contributed by atoms with E-state index in [0.717, 1.165) is 29.5 Å². The van der Waals surface area contributed by atoms with Crippen molar-refractivity contribution in [2.75, 3.05) is 19.7 Å². The standard InChI is InChI=1S/C27H26F2N2O/c1-19-5-6-21(14-26(19)22-9-7-20(15-30)8-10-22)13-23-3-2-4-24-16-31(12-11-25(23)24)17-27(28,29)18-32/h2-10,14,32H,11-13,16-18H2,1H3. The van der Waals surface area contributed by atoms with Gasteiger partial charge >= 0.3 is 0 Å². The van der Waals surface area contributed by atoms with Gasteiger partial charge in [-0.05, 0) is 70.8 Å². The number of aryl methyl sites for hydroxylation is 1. The molecule has 0 saturated heterocycles. The highest BCUT2D eigenvalue weighted by atomic mass is 19.3. The van der Waals surface area contributed by atoms with Crippen LogP contribution in [0, 0.1) is 18.3 Å². The summed E-state index contributed by atoms with van der Waals surface area (Å²) in [6, 6.07) is 22.4. The fourth-order valence-electron chi connectivity index (χ4n) is 4.46. The lowest BCUT2D eigenvalue weighted by molar-refractivity contribution is -0.0750. The highest BCUT2D eigenvalue weighted by molar-refractivity contribution is 5.68. The van der Waals surface area contributed by atoms with Crippen molar-refractivity contribution in [1.82, 2.24) is 4.90 Å². The Morgan fingerprint density at radius 1 is 1.09 bits per heavy atom. The van der Waals surface area contributed by atoms with E-state index < -0.39 is 19.1 Å². The summed E-state index contributed by atoms with van der Waals surface area (Å²) >= 11 is 0. The molecule has 1 heterocycles. The lowest BCUT2D eigenvalue weighted by atomic mass is 9.89. The van der Waals surface area contributed by atoms with E-state index in [1.807, 2.05) is 36.4 Å². The van der Waals surface area contributed by atoms with Gasteiger partial charge in [0.15, 0.2) is 0 Å². The van der Waals surface area contributed by atoms with Gasteiger partial charge in [0.1, 0.15) is 6.61 Å². The predicted octanol–water partition coefficient (Wildman–Crippen LogP) is 5.11. The molecule has 1 aliphatic rings. The van der Waals surface area contributed by atoms with Crippen LogP contribution in [0.4, 0.5) is 8.78 Å². The molecule has 164 valence electrons. The molecule has 0 radical (unpaired) electrons. The molecule has 32 heavy (non-hydrogen) atoms. The van der Waals surface area contributed by atoms with Gasteiger partial charge in [0.2, 0.25) is 0 Å². The number of alkyl halides is 2. The van der Waals surface area contributed by atoms with Gasteiger partial charge in [-0.15, -0.1) is 0 Å². The molecule has 0 atom stereocenters. The average Bonchev–Trinajstić information content (AvgIpc) is 2.80. The number of nitrogens with zero attached hydrogens (tertiary/aromatic N) is 2. The van der Waals surface area contributed by atoms with Crippen LogP contribution in [-0.2, 0) is 19.4 Å². The summed E-state index contributed by atoms with van der Waals surface area (Å²) in [5, 5.41) is 17.9. The van der Waals surface area contributed by atoms with Crippen LogP contribution in [0.25, 0.3) is 11.1 Å². The van der Waals surface area contributed by atoms with Crippen LogP contribution in [0.15, 0.2) is 60.7 Å². The molecule has 3 aromatic carbocycles. The van der Waals surface area contributed by atoms with Gasteiger partial charge in [0, 0.05) is 13.1 Å². The fourth-order valence-corrected chi connectivity index (χ4v) is 4.46. The third-order valence-corrected chi connectivity index (χ3v) is 6.15. The Kier molecular flexibility index (Phi) is 6.36. The topological polar surface area (TPSA) is 47.3 Å². The Balaban J connectivity index is 1.56. The first-order chi connectivity index (χ1) is 15.4. The lowest BCUT2D eigenvalue weighted by Gasteiger charge is -2.32. The maximum Gasteiger partial charge on any atom is 0.283 e. The fraction of sp³-hybridized carbons (Fsp3) is 0.296. The molecular weight excluding hydrogens is 406 g/mol. The molecule has 0 saturated carbocycles. The van der Waals surface area contributed by atoms with E-state index in [0.29, 0.717) is 18.7 Å².